The van der Waals surface area contributed by atoms with Crippen molar-refractivity contribution in [3.05, 3.63) is 0 Å². The SMILES string of the molecule is COC1CNCC1NS(=O)(=O)CCOC(C)C. The first-order chi connectivity index (χ1) is 7.94. The number of hydrogen-bond acceptors (Lipinski definition) is 5. The van der Waals surface area contributed by atoms with E-state index in [1.807, 2.05) is 13.8 Å². The summed E-state index contributed by atoms with van der Waals surface area (Å²) in [6.45, 7) is 5.24. The fourth-order valence-electron chi connectivity index (χ4n) is 1.70. The molecule has 0 aliphatic carbocycles. The summed E-state index contributed by atoms with van der Waals surface area (Å²) in [5.74, 6) is -0.0158. The van der Waals surface area contributed by atoms with Gasteiger partial charge in [-0.2, -0.15) is 0 Å². The highest BCUT2D eigenvalue weighted by Gasteiger charge is 2.30. The molecule has 17 heavy (non-hydrogen) atoms. The third kappa shape index (κ3) is 5.31. The van der Waals surface area contributed by atoms with Gasteiger partial charge in [0, 0.05) is 20.2 Å². The lowest BCUT2D eigenvalue weighted by Gasteiger charge is -2.18. The summed E-state index contributed by atoms with van der Waals surface area (Å²) < 4.78 is 36.6. The van der Waals surface area contributed by atoms with Gasteiger partial charge in [0.15, 0.2) is 0 Å². The zero-order valence-electron chi connectivity index (χ0n) is 10.6. The van der Waals surface area contributed by atoms with Crippen LogP contribution in [0.3, 0.4) is 0 Å². The normalized spacial score (nSPS) is 25.6. The minimum absolute atomic E-state index is 0.0158. The predicted molar refractivity (Wildman–Crippen MR) is 65.5 cm³/mol. The summed E-state index contributed by atoms with van der Waals surface area (Å²) in [5, 5.41) is 3.09. The van der Waals surface area contributed by atoms with Crippen LogP contribution in [0.5, 0.6) is 0 Å². The molecule has 1 fully saturated rings. The molecule has 1 aliphatic rings. The molecule has 2 unspecified atom stereocenters. The second-order valence-corrected chi connectivity index (χ2v) is 6.27. The lowest BCUT2D eigenvalue weighted by Crippen LogP contribution is -2.44. The molecule has 0 saturated carbocycles. The lowest BCUT2D eigenvalue weighted by molar-refractivity contribution is 0.0903. The first kappa shape index (κ1) is 14.8. The quantitative estimate of drug-likeness (QED) is 0.638. The Morgan fingerprint density at radius 3 is 2.71 bits per heavy atom. The molecule has 7 heteroatoms. The number of sulfonamides is 1. The highest BCUT2D eigenvalue weighted by molar-refractivity contribution is 7.89. The van der Waals surface area contributed by atoms with Crippen LogP contribution in [0, 0.1) is 0 Å². The Balaban J connectivity index is 2.38. The van der Waals surface area contributed by atoms with Crippen LogP contribution < -0.4 is 10.0 Å². The Labute approximate surface area is 103 Å². The van der Waals surface area contributed by atoms with Crippen molar-refractivity contribution in [2.45, 2.75) is 32.1 Å². The summed E-state index contributed by atoms with van der Waals surface area (Å²) >= 11 is 0. The molecule has 0 amide bonds. The van der Waals surface area contributed by atoms with E-state index in [0.29, 0.717) is 13.1 Å². The second-order valence-electron chi connectivity index (χ2n) is 4.40. The Hall–Kier alpha value is -0.210. The third-order valence-corrected chi connectivity index (χ3v) is 3.96. The summed E-state index contributed by atoms with van der Waals surface area (Å²) in [4.78, 5) is 0. The third-order valence-electron chi connectivity index (χ3n) is 2.60. The molecule has 1 heterocycles. The first-order valence-electron chi connectivity index (χ1n) is 5.79. The molecule has 1 aliphatic heterocycles. The molecule has 0 aromatic rings. The van der Waals surface area contributed by atoms with Crippen molar-refractivity contribution in [2.75, 3.05) is 32.6 Å². The maximum atomic E-state index is 11.8. The maximum absolute atomic E-state index is 11.8. The van der Waals surface area contributed by atoms with Gasteiger partial charge in [0.25, 0.3) is 0 Å². The number of rotatable bonds is 7. The van der Waals surface area contributed by atoms with Gasteiger partial charge in [-0.1, -0.05) is 0 Å². The Morgan fingerprint density at radius 1 is 1.41 bits per heavy atom. The molecule has 0 radical (unpaired) electrons. The number of nitrogens with one attached hydrogen (secondary N) is 2. The van der Waals surface area contributed by atoms with Gasteiger partial charge in [-0.05, 0) is 13.8 Å². The molecule has 0 aromatic carbocycles. The maximum Gasteiger partial charge on any atom is 0.214 e. The topological polar surface area (TPSA) is 76.7 Å². The minimum atomic E-state index is -3.30. The average Bonchev–Trinajstić information content (AvgIpc) is 2.63. The van der Waals surface area contributed by atoms with E-state index in [-0.39, 0.29) is 30.6 Å². The van der Waals surface area contributed by atoms with Crippen LogP contribution in [0.4, 0.5) is 0 Å². The monoisotopic (exact) mass is 266 g/mol. The van der Waals surface area contributed by atoms with E-state index in [2.05, 4.69) is 10.0 Å². The second kappa shape index (κ2) is 6.65. The first-order valence-corrected chi connectivity index (χ1v) is 7.45. The highest BCUT2D eigenvalue weighted by atomic mass is 32.2. The van der Waals surface area contributed by atoms with Gasteiger partial charge < -0.3 is 14.8 Å². The molecule has 0 aromatic heterocycles. The number of hydrogen-bond donors (Lipinski definition) is 2. The molecule has 0 spiro atoms. The van der Waals surface area contributed by atoms with E-state index in [1.54, 1.807) is 7.11 Å². The summed E-state index contributed by atoms with van der Waals surface area (Å²) in [7, 11) is -1.71. The van der Waals surface area contributed by atoms with Gasteiger partial charge in [0.2, 0.25) is 10.0 Å². The van der Waals surface area contributed by atoms with Crippen LogP contribution in [0.25, 0.3) is 0 Å². The molecule has 1 saturated heterocycles. The largest absolute Gasteiger partial charge is 0.378 e. The molecular weight excluding hydrogens is 244 g/mol. The fourth-order valence-corrected chi connectivity index (χ4v) is 2.83. The van der Waals surface area contributed by atoms with Crippen LogP contribution in [-0.2, 0) is 19.5 Å². The van der Waals surface area contributed by atoms with Crippen LogP contribution in [0.1, 0.15) is 13.8 Å². The van der Waals surface area contributed by atoms with E-state index in [0.717, 1.165) is 0 Å². The molecule has 2 N–H and O–H groups in total. The zero-order valence-corrected chi connectivity index (χ0v) is 11.4. The van der Waals surface area contributed by atoms with Crippen molar-refractivity contribution in [3.63, 3.8) is 0 Å². The Kier molecular flexibility index (Phi) is 5.81. The van der Waals surface area contributed by atoms with Crippen LogP contribution in [0.2, 0.25) is 0 Å². The van der Waals surface area contributed by atoms with Gasteiger partial charge >= 0.3 is 0 Å². The van der Waals surface area contributed by atoms with Crippen molar-refractivity contribution in [3.8, 4) is 0 Å². The van der Waals surface area contributed by atoms with Crippen molar-refractivity contribution in [2.24, 2.45) is 0 Å². The van der Waals surface area contributed by atoms with E-state index in [9.17, 15) is 8.42 Å². The minimum Gasteiger partial charge on any atom is -0.378 e. The van der Waals surface area contributed by atoms with Crippen LogP contribution in [-0.4, -0.2) is 59.2 Å². The van der Waals surface area contributed by atoms with Gasteiger partial charge in [-0.25, -0.2) is 13.1 Å². The number of methoxy groups -OCH3 is 1. The summed E-state index contributed by atoms with van der Waals surface area (Å²) in [5.41, 5.74) is 0. The number of ether oxygens (including phenoxy) is 2. The molecule has 102 valence electrons. The van der Waals surface area contributed by atoms with E-state index in [4.69, 9.17) is 9.47 Å². The Bertz CT molecular complexity index is 318. The fraction of sp³-hybridized carbons (Fsp3) is 1.00. The molecule has 1 rings (SSSR count). The molecule has 6 nitrogen and oxygen atoms in total. The van der Waals surface area contributed by atoms with Gasteiger partial charge in [0.1, 0.15) is 0 Å². The molecule has 0 bridgehead atoms. The standard InChI is InChI=1S/C10H22N2O4S/c1-8(2)16-4-5-17(13,14)12-9-6-11-7-10(9)15-3/h8-12H,4-7H2,1-3H3. The van der Waals surface area contributed by atoms with Gasteiger partial charge in [-0.3, -0.25) is 0 Å². The molecule has 2 atom stereocenters. The predicted octanol–water partition coefficient (Wildman–Crippen LogP) is -0.682. The van der Waals surface area contributed by atoms with E-state index < -0.39 is 10.0 Å². The van der Waals surface area contributed by atoms with Crippen LogP contribution in [0.15, 0.2) is 0 Å². The van der Waals surface area contributed by atoms with Gasteiger partial charge in [-0.15, -0.1) is 0 Å². The average molecular weight is 266 g/mol. The van der Waals surface area contributed by atoms with Crippen molar-refractivity contribution in [1.82, 2.24) is 10.0 Å². The van der Waals surface area contributed by atoms with E-state index in [1.165, 1.54) is 0 Å². The van der Waals surface area contributed by atoms with Crippen LogP contribution >= 0.6 is 0 Å². The summed E-state index contributed by atoms with van der Waals surface area (Å²) in [6.07, 6.45) is -0.0548. The molecular formula is C10H22N2O4S. The van der Waals surface area contributed by atoms with E-state index >= 15 is 0 Å². The zero-order chi connectivity index (χ0) is 12.9. The lowest BCUT2D eigenvalue weighted by atomic mass is 10.2. The summed E-state index contributed by atoms with van der Waals surface area (Å²) in [6, 6.07) is -0.191. The highest BCUT2D eigenvalue weighted by Crippen LogP contribution is 2.05. The van der Waals surface area contributed by atoms with Gasteiger partial charge in [0.05, 0.1) is 30.6 Å². The smallest absolute Gasteiger partial charge is 0.214 e. The Morgan fingerprint density at radius 2 is 2.12 bits per heavy atom. The van der Waals surface area contributed by atoms with Crippen molar-refractivity contribution < 1.29 is 17.9 Å². The van der Waals surface area contributed by atoms with Crippen molar-refractivity contribution >= 4 is 10.0 Å². The van der Waals surface area contributed by atoms with Crippen molar-refractivity contribution in [1.29, 1.82) is 0 Å².